The average molecular weight is 261 g/mol. The predicted molar refractivity (Wildman–Crippen MR) is 73.0 cm³/mol. The lowest BCUT2D eigenvalue weighted by molar-refractivity contribution is 0.0366. The summed E-state index contributed by atoms with van der Waals surface area (Å²) < 4.78 is 5.61. The molecular formula is C14H19N3O2. The van der Waals surface area contributed by atoms with E-state index in [1.807, 2.05) is 24.3 Å². The number of rotatable bonds is 2. The molecule has 19 heavy (non-hydrogen) atoms. The Morgan fingerprint density at radius 2 is 2.16 bits per heavy atom. The van der Waals surface area contributed by atoms with Crippen molar-refractivity contribution in [3.63, 3.8) is 0 Å². The number of carbonyl (C=O) groups excluding carboxylic acids is 1. The van der Waals surface area contributed by atoms with Gasteiger partial charge in [-0.1, -0.05) is 12.1 Å². The molecule has 0 bridgehead atoms. The van der Waals surface area contributed by atoms with Gasteiger partial charge in [0, 0.05) is 18.8 Å². The first kappa shape index (κ1) is 12.4. The summed E-state index contributed by atoms with van der Waals surface area (Å²) >= 11 is 0. The van der Waals surface area contributed by atoms with Crippen LogP contribution in [0.5, 0.6) is 0 Å². The number of hydrogen-bond acceptors (Lipinski definition) is 4. The summed E-state index contributed by atoms with van der Waals surface area (Å²) in [7, 11) is 0. The largest absolute Gasteiger partial charge is 0.439 e. The first-order chi connectivity index (χ1) is 9.22. The quantitative estimate of drug-likeness (QED) is 0.840. The van der Waals surface area contributed by atoms with E-state index >= 15 is 0 Å². The van der Waals surface area contributed by atoms with Crippen LogP contribution in [0.4, 0.5) is 10.5 Å². The van der Waals surface area contributed by atoms with Gasteiger partial charge in [-0.2, -0.15) is 0 Å². The molecule has 0 radical (unpaired) electrons. The van der Waals surface area contributed by atoms with Crippen LogP contribution in [0.25, 0.3) is 0 Å². The van der Waals surface area contributed by atoms with Crippen LogP contribution in [0.3, 0.4) is 0 Å². The minimum absolute atomic E-state index is 0.246. The van der Waals surface area contributed by atoms with Crippen molar-refractivity contribution in [1.29, 1.82) is 0 Å². The van der Waals surface area contributed by atoms with Crippen LogP contribution in [0.1, 0.15) is 18.4 Å². The topological polar surface area (TPSA) is 67.6 Å². The first-order valence-electron chi connectivity index (χ1n) is 6.73. The van der Waals surface area contributed by atoms with Crippen molar-refractivity contribution in [3.8, 4) is 0 Å². The Kier molecular flexibility index (Phi) is 3.16. The molecule has 1 atom stereocenters. The number of nitrogens with two attached hydrogens (primary N) is 1. The smallest absolute Gasteiger partial charge is 0.415 e. The van der Waals surface area contributed by atoms with E-state index in [0.717, 1.165) is 37.2 Å². The number of nitrogens with zero attached hydrogens (tertiary/aromatic N) is 1. The van der Waals surface area contributed by atoms with Gasteiger partial charge < -0.3 is 15.8 Å². The van der Waals surface area contributed by atoms with Gasteiger partial charge in [-0.05, 0) is 37.1 Å². The number of benzene rings is 1. The fourth-order valence-corrected chi connectivity index (χ4v) is 2.80. The normalized spacial score (nSPS) is 26.8. The number of carbonyl (C=O) groups is 1. The summed E-state index contributed by atoms with van der Waals surface area (Å²) in [6.45, 7) is 2.89. The van der Waals surface area contributed by atoms with E-state index in [0.29, 0.717) is 13.1 Å². The first-order valence-corrected chi connectivity index (χ1v) is 6.73. The molecule has 2 aliphatic heterocycles. The molecule has 2 aliphatic rings. The summed E-state index contributed by atoms with van der Waals surface area (Å²) in [5, 5.41) is 3.31. The Morgan fingerprint density at radius 3 is 2.79 bits per heavy atom. The van der Waals surface area contributed by atoms with Gasteiger partial charge in [0.2, 0.25) is 0 Å². The minimum Gasteiger partial charge on any atom is -0.439 e. The Bertz CT molecular complexity index is 466. The maximum Gasteiger partial charge on any atom is 0.415 e. The van der Waals surface area contributed by atoms with Gasteiger partial charge in [0.05, 0.1) is 6.54 Å². The number of nitrogens with one attached hydrogen (secondary N) is 1. The summed E-state index contributed by atoms with van der Waals surface area (Å²) in [6, 6.07) is 7.76. The van der Waals surface area contributed by atoms with Gasteiger partial charge in [-0.25, -0.2) is 4.79 Å². The number of anilines is 1. The fourth-order valence-electron chi connectivity index (χ4n) is 2.80. The molecule has 102 valence electrons. The van der Waals surface area contributed by atoms with Crippen molar-refractivity contribution in [2.75, 3.05) is 24.5 Å². The lowest BCUT2D eigenvalue weighted by Gasteiger charge is -2.31. The van der Waals surface area contributed by atoms with Crippen LogP contribution in [0.15, 0.2) is 24.3 Å². The third-order valence-electron chi connectivity index (χ3n) is 3.89. The minimum atomic E-state index is -0.345. The third-order valence-corrected chi connectivity index (χ3v) is 3.89. The third kappa shape index (κ3) is 2.31. The van der Waals surface area contributed by atoms with Crippen LogP contribution in [0.2, 0.25) is 0 Å². The van der Waals surface area contributed by atoms with Gasteiger partial charge in [0.15, 0.2) is 0 Å². The molecule has 1 spiro atoms. The standard InChI is InChI=1S/C14H19N3O2/c15-8-11-2-4-12(5-3-11)17-10-14(19-13(17)18)6-1-7-16-9-14/h2-5,16H,1,6-10,15H2. The number of ether oxygens (including phenoxy) is 1. The Balaban J connectivity index is 1.79. The van der Waals surface area contributed by atoms with Crippen molar-refractivity contribution < 1.29 is 9.53 Å². The Morgan fingerprint density at radius 1 is 1.37 bits per heavy atom. The highest BCUT2D eigenvalue weighted by atomic mass is 16.6. The zero-order valence-corrected chi connectivity index (χ0v) is 10.9. The van der Waals surface area contributed by atoms with Gasteiger partial charge in [0.1, 0.15) is 5.60 Å². The van der Waals surface area contributed by atoms with Crippen LogP contribution in [-0.4, -0.2) is 31.3 Å². The maximum absolute atomic E-state index is 12.1. The second kappa shape index (κ2) is 4.83. The highest BCUT2D eigenvalue weighted by Gasteiger charge is 2.46. The second-order valence-electron chi connectivity index (χ2n) is 5.29. The highest BCUT2D eigenvalue weighted by molar-refractivity contribution is 5.90. The van der Waals surface area contributed by atoms with Gasteiger partial charge in [-0.3, -0.25) is 4.90 Å². The average Bonchev–Trinajstić information content (AvgIpc) is 2.76. The highest BCUT2D eigenvalue weighted by Crippen LogP contribution is 2.32. The molecule has 1 unspecified atom stereocenters. The molecule has 3 N–H and O–H groups in total. The molecule has 3 rings (SSSR count). The SMILES string of the molecule is NCc1ccc(N2CC3(CCCNC3)OC2=O)cc1. The number of piperidine rings is 1. The van der Waals surface area contributed by atoms with Crippen LogP contribution in [-0.2, 0) is 11.3 Å². The summed E-state index contributed by atoms with van der Waals surface area (Å²) in [5.74, 6) is 0. The maximum atomic E-state index is 12.1. The van der Waals surface area contributed by atoms with Crippen molar-refractivity contribution in [2.24, 2.45) is 5.73 Å². The summed E-state index contributed by atoms with van der Waals surface area (Å²) in [6.07, 6.45) is 1.74. The molecule has 5 nitrogen and oxygen atoms in total. The number of hydrogen-bond donors (Lipinski definition) is 2. The molecule has 2 saturated heterocycles. The lowest BCUT2D eigenvalue weighted by Crippen LogP contribution is -2.48. The van der Waals surface area contributed by atoms with Gasteiger partial charge in [-0.15, -0.1) is 0 Å². The lowest BCUT2D eigenvalue weighted by atomic mass is 9.94. The van der Waals surface area contributed by atoms with Gasteiger partial charge in [0.25, 0.3) is 0 Å². The molecule has 1 amide bonds. The van der Waals surface area contributed by atoms with Crippen molar-refractivity contribution in [3.05, 3.63) is 29.8 Å². The molecule has 2 fully saturated rings. The van der Waals surface area contributed by atoms with Crippen LogP contribution < -0.4 is 16.0 Å². The molecule has 0 aromatic heterocycles. The summed E-state index contributed by atoms with van der Waals surface area (Å²) in [4.78, 5) is 13.8. The molecule has 5 heteroatoms. The van der Waals surface area contributed by atoms with E-state index in [9.17, 15) is 4.79 Å². The van der Waals surface area contributed by atoms with Gasteiger partial charge >= 0.3 is 6.09 Å². The second-order valence-corrected chi connectivity index (χ2v) is 5.29. The fraction of sp³-hybridized carbons (Fsp3) is 0.500. The molecule has 2 heterocycles. The zero-order chi connectivity index (χ0) is 13.3. The van der Waals surface area contributed by atoms with E-state index in [-0.39, 0.29) is 11.7 Å². The molecule has 0 aliphatic carbocycles. The van der Waals surface area contributed by atoms with Crippen molar-refractivity contribution in [1.82, 2.24) is 5.32 Å². The molecular weight excluding hydrogens is 242 g/mol. The molecule has 1 aromatic carbocycles. The molecule has 1 aromatic rings. The van der Waals surface area contributed by atoms with E-state index in [1.165, 1.54) is 0 Å². The Hall–Kier alpha value is -1.59. The van der Waals surface area contributed by atoms with E-state index in [4.69, 9.17) is 10.5 Å². The predicted octanol–water partition coefficient (Wildman–Crippen LogP) is 1.22. The monoisotopic (exact) mass is 261 g/mol. The Labute approximate surface area is 112 Å². The summed E-state index contributed by atoms with van der Waals surface area (Å²) in [5.41, 5.74) is 7.17. The van der Waals surface area contributed by atoms with Crippen molar-refractivity contribution >= 4 is 11.8 Å². The molecule has 0 saturated carbocycles. The van der Waals surface area contributed by atoms with Crippen LogP contribution >= 0.6 is 0 Å². The zero-order valence-electron chi connectivity index (χ0n) is 10.9. The van der Waals surface area contributed by atoms with E-state index in [2.05, 4.69) is 5.32 Å². The van der Waals surface area contributed by atoms with Crippen molar-refractivity contribution in [2.45, 2.75) is 25.0 Å². The van der Waals surface area contributed by atoms with E-state index in [1.54, 1.807) is 4.90 Å². The van der Waals surface area contributed by atoms with Crippen LogP contribution in [0, 0.1) is 0 Å². The number of amides is 1. The van der Waals surface area contributed by atoms with E-state index < -0.39 is 0 Å².